The first kappa shape index (κ1) is 17.0. The molecule has 7 heteroatoms. The highest BCUT2D eigenvalue weighted by Crippen LogP contribution is 2.38. The maximum atomic E-state index is 11.8. The van der Waals surface area contributed by atoms with Crippen LogP contribution in [0.1, 0.15) is 41.8 Å². The minimum atomic E-state index is -0.693. The van der Waals surface area contributed by atoms with Crippen molar-refractivity contribution in [3.63, 3.8) is 0 Å². The van der Waals surface area contributed by atoms with Crippen molar-refractivity contribution in [3.05, 3.63) is 47.0 Å². The Hall–Kier alpha value is -2.83. The predicted octanol–water partition coefficient (Wildman–Crippen LogP) is 3.20. The van der Waals surface area contributed by atoms with Crippen molar-refractivity contribution >= 4 is 6.09 Å². The Kier molecular flexibility index (Phi) is 5.02. The van der Waals surface area contributed by atoms with Gasteiger partial charge in [-0.3, -0.25) is 14.9 Å². The van der Waals surface area contributed by atoms with Gasteiger partial charge in [-0.2, -0.15) is 0 Å². The monoisotopic (exact) mass is 343 g/mol. The van der Waals surface area contributed by atoms with Crippen LogP contribution in [0.3, 0.4) is 0 Å². The van der Waals surface area contributed by atoms with Crippen LogP contribution < -0.4 is 14.9 Å². The van der Waals surface area contributed by atoms with Gasteiger partial charge in [-0.25, -0.2) is 9.68 Å². The fourth-order valence-electron chi connectivity index (χ4n) is 2.66. The zero-order valence-corrected chi connectivity index (χ0v) is 14.5. The van der Waals surface area contributed by atoms with Crippen molar-refractivity contribution in [1.29, 1.82) is 0 Å². The second-order valence-electron chi connectivity index (χ2n) is 6.15. The molecule has 132 valence electrons. The second kappa shape index (κ2) is 7.38. The highest BCUT2D eigenvalue weighted by molar-refractivity contribution is 5.66. The van der Waals surface area contributed by atoms with Crippen LogP contribution in [0, 0.1) is 13.8 Å². The molecule has 1 aliphatic heterocycles. The largest absolute Gasteiger partial charge is 0.493 e. The van der Waals surface area contributed by atoms with Crippen LogP contribution in [-0.2, 0) is 11.4 Å². The lowest BCUT2D eigenvalue weighted by atomic mass is 9.93. The van der Waals surface area contributed by atoms with E-state index in [2.05, 4.69) is 22.2 Å². The summed E-state index contributed by atoms with van der Waals surface area (Å²) in [6.45, 7) is 6.86. The average molecular weight is 343 g/mol. The Morgan fingerprint density at radius 2 is 2.16 bits per heavy atom. The van der Waals surface area contributed by atoms with Crippen LogP contribution >= 0.6 is 0 Å². The minimum Gasteiger partial charge on any atom is -0.493 e. The lowest BCUT2D eigenvalue weighted by Gasteiger charge is -2.25. The molecule has 1 atom stereocenters. The van der Waals surface area contributed by atoms with E-state index >= 15 is 0 Å². The van der Waals surface area contributed by atoms with Gasteiger partial charge in [-0.15, -0.1) is 0 Å². The number of ether oxygens (including phenoxy) is 1. The van der Waals surface area contributed by atoms with Gasteiger partial charge in [0.15, 0.2) is 5.75 Å². The molecule has 0 fully saturated rings. The number of rotatable bonds is 4. The number of carbonyl (C=O) groups excluding carboxylic acids is 1. The summed E-state index contributed by atoms with van der Waals surface area (Å²) in [4.78, 5) is 30.0. The molecule has 2 heterocycles. The molecule has 3 rings (SSSR count). The van der Waals surface area contributed by atoms with Crippen LogP contribution in [0.4, 0.5) is 4.79 Å². The quantitative estimate of drug-likeness (QED) is 0.678. The first-order valence-electron chi connectivity index (χ1n) is 8.20. The van der Waals surface area contributed by atoms with Crippen molar-refractivity contribution in [2.24, 2.45) is 0 Å². The first-order chi connectivity index (χ1) is 12.0. The Bertz CT molecular complexity index is 762. The van der Waals surface area contributed by atoms with Crippen LogP contribution in [0.15, 0.2) is 24.5 Å². The molecule has 25 heavy (non-hydrogen) atoms. The van der Waals surface area contributed by atoms with Crippen molar-refractivity contribution in [2.45, 2.75) is 39.7 Å². The van der Waals surface area contributed by atoms with E-state index in [9.17, 15) is 4.79 Å². The van der Waals surface area contributed by atoms with Crippen LogP contribution in [0.5, 0.6) is 11.5 Å². The number of nitrogens with one attached hydrogen (secondary N) is 1. The van der Waals surface area contributed by atoms with Gasteiger partial charge in [-0.1, -0.05) is 6.92 Å². The lowest BCUT2D eigenvalue weighted by Crippen LogP contribution is -2.25. The number of hydrogen-bond acceptors (Lipinski definition) is 6. The molecule has 1 N–H and O–H groups in total. The summed E-state index contributed by atoms with van der Waals surface area (Å²) < 4.78 is 5.71. The van der Waals surface area contributed by atoms with E-state index in [-0.39, 0.29) is 6.54 Å². The fourth-order valence-corrected chi connectivity index (χ4v) is 2.66. The zero-order chi connectivity index (χ0) is 17.8. The lowest BCUT2D eigenvalue weighted by molar-refractivity contribution is -0.142. The van der Waals surface area contributed by atoms with E-state index in [1.54, 1.807) is 18.5 Å². The topological polar surface area (TPSA) is 82.6 Å². The van der Waals surface area contributed by atoms with E-state index in [0.29, 0.717) is 17.4 Å². The third-order valence-corrected chi connectivity index (χ3v) is 4.07. The van der Waals surface area contributed by atoms with Gasteiger partial charge in [0, 0.05) is 11.8 Å². The summed E-state index contributed by atoms with van der Waals surface area (Å²) in [5.41, 5.74) is 3.48. The number of aryl methyl sites for hydroxylation is 2. The molecule has 0 radical (unpaired) electrons. The first-order valence-corrected chi connectivity index (χ1v) is 8.20. The molecule has 0 saturated carbocycles. The molecule has 0 spiro atoms. The number of benzene rings is 1. The summed E-state index contributed by atoms with van der Waals surface area (Å²) in [5.74, 6) is 1.74. The molecule has 1 unspecified atom stereocenters. The normalized spacial score (nSPS) is 15.7. The summed E-state index contributed by atoms with van der Waals surface area (Å²) in [7, 11) is 0. The Labute approximate surface area is 146 Å². The van der Waals surface area contributed by atoms with Gasteiger partial charge in [0.25, 0.3) is 0 Å². The average Bonchev–Trinajstić information content (AvgIpc) is 2.60. The van der Waals surface area contributed by atoms with Crippen LogP contribution in [0.25, 0.3) is 0 Å². The molecule has 1 aromatic carbocycles. The van der Waals surface area contributed by atoms with Gasteiger partial charge >= 0.3 is 6.09 Å². The van der Waals surface area contributed by atoms with E-state index in [0.717, 1.165) is 35.6 Å². The van der Waals surface area contributed by atoms with Gasteiger partial charge in [0.05, 0.1) is 30.7 Å². The van der Waals surface area contributed by atoms with Crippen molar-refractivity contribution in [2.75, 3.05) is 6.61 Å². The Morgan fingerprint density at radius 3 is 2.92 bits per heavy atom. The molecule has 1 amide bonds. The number of hydrogen-bond donors (Lipinski definition) is 1. The molecule has 0 aliphatic carbocycles. The number of fused-ring (bicyclic) bond motifs is 1. The minimum absolute atomic E-state index is 0.212. The van der Waals surface area contributed by atoms with E-state index in [1.165, 1.54) is 0 Å². The zero-order valence-electron chi connectivity index (χ0n) is 14.5. The maximum absolute atomic E-state index is 11.8. The Morgan fingerprint density at radius 1 is 1.32 bits per heavy atom. The standard InChI is InChI=1S/C18H21N3O4/c1-11-4-5-23-17-12(2)6-15(7-16(11)17)24-25-18(22)21-10-14-9-19-13(3)8-20-14/h6-9,11H,4-5,10H2,1-3H3,(H,21,22). The summed E-state index contributed by atoms with van der Waals surface area (Å²) in [5, 5.41) is 2.56. The summed E-state index contributed by atoms with van der Waals surface area (Å²) in [6, 6.07) is 3.64. The molecular weight excluding hydrogens is 322 g/mol. The number of aromatic nitrogens is 2. The third-order valence-electron chi connectivity index (χ3n) is 4.07. The van der Waals surface area contributed by atoms with Gasteiger partial charge < -0.3 is 10.1 Å². The Balaban J connectivity index is 1.56. The van der Waals surface area contributed by atoms with E-state index in [4.69, 9.17) is 14.5 Å². The molecule has 1 aliphatic rings. The molecule has 7 nitrogen and oxygen atoms in total. The highest BCUT2D eigenvalue weighted by Gasteiger charge is 2.21. The number of amides is 1. The van der Waals surface area contributed by atoms with E-state index < -0.39 is 6.09 Å². The van der Waals surface area contributed by atoms with Crippen molar-refractivity contribution in [1.82, 2.24) is 15.3 Å². The highest BCUT2D eigenvalue weighted by atomic mass is 17.2. The molecular formula is C18H21N3O4. The van der Waals surface area contributed by atoms with Crippen molar-refractivity contribution in [3.8, 4) is 11.5 Å². The van der Waals surface area contributed by atoms with Crippen LogP contribution in [-0.4, -0.2) is 22.7 Å². The third kappa shape index (κ3) is 4.17. The van der Waals surface area contributed by atoms with Gasteiger partial charge in [0.2, 0.25) is 0 Å². The smallest absolute Gasteiger partial charge is 0.450 e. The second-order valence-corrected chi connectivity index (χ2v) is 6.15. The predicted molar refractivity (Wildman–Crippen MR) is 90.4 cm³/mol. The summed E-state index contributed by atoms with van der Waals surface area (Å²) in [6.07, 6.45) is 3.50. The maximum Gasteiger partial charge on any atom is 0.450 e. The number of carbonyl (C=O) groups is 1. The summed E-state index contributed by atoms with van der Waals surface area (Å²) >= 11 is 0. The van der Waals surface area contributed by atoms with E-state index in [1.807, 2.05) is 19.9 Å². The van der Waals surface area contributed by atoms with Crippen LogP contribution in [0.2, 0.25) is 0 Å². The van der Waals surface area contributed by atoms with Gasteiger partial charge in [0.1, 0.15) is 5.75 Å². The molecule has 0 saturated heterocycles. The molecule has 2 aromatic rings. The van der Waals surface area contributed by atoms with Gasteiger partial charge in [-0.05, 0) is 43.9 Å². The molecule has 1 aromatic heterocycles. The molecule has 0 bridgehead atoms. The fraction of sp³-hybridized carbons (Fsp3) is 0.389. The van der Waals surface area contributed by atoms with Crippen molar-refractivity contribution < 1.29 is 19.3 Å². The number of nitrogens with zero attached hydrogens (tertiary/aromatic N) is 2. The SMILES string of the molecule is Cc1cnc(CNC(=O)OOc2cc(C)c3c(c2)C(C)CCO3)cn1.